The molecule has 1 fully saturated rings. The number of rotatable bonds is 5. The Kier molecular flexibility index (Phi) is 7.34. The maximum absolute atomic E-state index is 12.5. The molecule has 0 spiro atoms. The summed E-state index contributed by atoms with van der Waals surface area (Å²) in [5, 5.41) is 3.83. The van der Waals surface area contributed by atoms with Crippen LogP contribution < -0.4 is 5.32 Å². The standard InChI is InChI=1S/C17H17Cl2NO5.BrH/c1-23-13-8-14(21)24-16(13)15(10-5-4-9(18)7-11(10)19)25-17(22)12-3-2-6-20-12;/h4-5,7-8,12,15-16,20H,2-3,6H2,1H3;1H/t12-,15?,16?;/m0./s1. The lowest BCUT2D eigenvalue weighted by Gasteiger charge is -2.26. The first-order valence-electron chi connectivity index (χ1n) is 7.84. The Labute approximate surface area is 171 Å². The van der Waals surface area contributed by atoms with Crippen molar-refractivity contribution in [3.05, 3.63) is 45.6 Å². The van der Waals surface area contributed by atoms with Gasteiger partial charge < -0.3 is 19.5 Å². The Hall–Kier alpha value is -1.28. The fraction of sp³-hybridized carbons (Fsp3) is 0.412. The summed E-state index contributed by atoms with van der Waals surface area (Å²) in [4.78, 5) is 24.1. The van der Waals surface area contributed by atoms with E-state index in [1.807, 2.05) is 0 Å². The van der Waals surface area contributed by atoms with Crippen molar-refractivity contribution in [3.63, 3.8) is 0 Å². The van der Waals surface area contributed by atoms with Crippen LogP contribution in [0.2, 0.25) is 10.0 Å². The molecular weight excluding hydrogens is 449 g/mol. The number of methoxy groups -OCH3 is 1. The van der Waals surface area contributed by atoms with Gasteiger partial charge in [0.1, 0.15) is 11.8 Å². The zero-order valence-electron chi connectivity index (χ0n) is 13.9. The third kappa shape index (κ3) is 4.52. The van der Waals surface area contributed by atoms with E-state index in [1.165, 1.54) is 13.2 Å². The van der Waals surface area contributed by atoms with Crippen LogP contribution in [0.3, 0.4) is 0 Å². The molecule has 3 rings (SSSR count). The van der Waals surface area contributed by atoms with E-state index in [1.54, 1.807) is 18.2 Å². The average Bonchev–Trinajstić information content (AvgIpc) is 3.22. The smallest absolute Gasteiger partial charge is 0.335 e. The van der Waals surface area contributed by atoms with Gasteiger partial charge in [0.2, 0.25) is 0 Å². The second-order valence-corrected chi connectivity index (χ2v) is 6.62. The largest absolute Gasteiger partial charge is 0.497 e. The number of ether oxygens (including phenoxy) is 3. The molecule has 1 aromatic carbocycles. The van der Waals surface area contributed by atoms with Gasteiger partial charge in [-0.25, -0.2) is 4.79 Å². The van der Waals surface area contributed by atoms with E-state index in [9.17, 15) is 9.59 Å². The van der Waals surface area contributed by atoms with Crippen LogP contribution >= 0.6 is 40.2 Å². The van der Waals surface area contributed by atoms with E-state index < -0.39 is 24.1 Å². The van der Waals surface area contributed by atoms with Gasteiger partial charge in [-0.05, 0) is 31.5 Å². The molecule has 2 heterocycles. The molecule has 2 unspecified atom stereocenters. The molecule has 1 saturated heterocycles. The van der Waals surface area contributed by atoms with Crippen molar-refractivity contribution in [3.8, 4) is 0 Å². The molecule has 1 aromatic rings. The van der Waals surface area contributed by atoms with Crippen molar-refractivity contribution in [2.45, 2.75) is 31.1 Å². The second kappa shape index (κ2) is 9.08. The summed E-state index contributed by atoms with van der Waals surface area (Å²) < 4.78 is 16.2. The van der Waals surface area contributed by atoms with Gasteiger partial charge in [-0.15, -0.1) is 17.0 Å². The van der Waals surface area contributed by atoms with Crippen LogP contribution in [-0.4, -0.2) is 37.7 Å². The zero-order valence-corrected chi connectivity index (χ0v) is 17.1. The number of benzene rings is 1. The van der Waals surface area contributed by atoms with Gasteiger partial charge in [0.25, 0.3) is 0 Å². The molecule has 1 N–H and O–H groups in total. The maximum Gasteiger partial charge on any atom is 0.335 e. The van der Waals surface area contributed by atoms with Crippen LogP contribution in [0.15, 0.2) is 30.0 Å². The Balaban J connectivity index is 0.00000243. The minimum absolute atomic E-state index is 0. The number of nitrogens with one attached hydrogen (secondary N) is 1. The molecule has 142 valence electrons. The first-order valence-corrected chi connectivity index (χ1v) is 8.60. The van der Waals surface area contributed by atoms with Crippen LogP contribution in [0.5, 0.6) is 0 Å². The van der Waals surface area contributed by atoms with E-state index in [4.69, 9.17) is 37.4 Å². The molecule has 6 nitrogen and oxygen atoms in total. The predicted molar refractivity (Wildman–Crippen MR) is 102 cm³/mol. The first-order chi connectivity index (χ1) is 12.0. The molecule has 2 aliphatic rings. The summed E-state index contributed by atoms with van der Waals surface area (Å²) in [6, 6.07) is 4.43. The number of hydrogen-bond donors (Lipinski definition) is 1. The highest BCUT2D eigenvalue weighted by Crippen LogP contribution is 2.37. The van der Waals surface area contributed by atoms with Gasteiger partial charge >= 0.3 is 11.9 Å². The second-order valence-electron chi connectivity index (χ2n) is 5.78. The zero-order chi connectivity index (χ0) is 18.0. The number of carbonyl (C=O) groups is 2. The molecule has 3 atom stereocenters. The third-order valence-corrected chi connectivity index (χ3v) is 4.71. The Bertz CT molecular complexity index is 721. The van der Waals surface area contributed by atoms with Crippen molar-refractivity contribution < 1.29 is 23.8 Å². The van der Waals surface area contributed by atoms with E-state index >= 15 is 0 Å². The minimum atomic E-state index is -0.933. The molecule has 9 heteroatoms. The molecule has 0 aliphatic carbocycles. The van der Waals surface area contributed by atoms with Gasteiger partial charge in [0.05, 0.1) is 13.2 Å². The molecule has 0 saturated carbocycles. The van der Waals surface area contributed by atoms with Gasteiger partial charge in [-0.3, -0.25) is 4.79 Å². The molecule has 26 heavy (non-hydrogen) atoms. The van der Waals surface area contributed by atoms with Crippen LogP contribution in [0.25, 0.3) is 0 Å². The lowest BCUT2D eigenvalue weighted by molar-refractivity contribution is -0.164. The predicted octanol–water partition coefficient (Wildman–Crippen LogP) is 3.36. The number of halogens is 3. The molecule has 0 aromatic heterocycles. The Morgan fingerprint density at radius 1 is 1.38 bits per heavy atom. The minimum Gasteiger partial charge on any atom is -0.497 e. The maximum atomic E-state index is 12.5. The summed E-state index contributed by atoms with van der Waals surface area (Å²) in [5.41, 5.74) is 0.486. The molecular formula is C17H18BrCl2NO5. The Morgan fingerprint density at radius 3 is 2.77 bits per heavy atom. The van der Waals surface area contributed by atoms with Crippen molar-refractivity contribution in [1.82, 2.24) is 5.32 Å². The fourth-order valence-electron chi connectivity index (χ4n) is 2.92. The number of cyclic esters (lactones) is 1. The molecule has 0 bridgehead atoms. The van der Waals surface area contributed by atoms with E-state index in [-0.39, 0.29) is 28.8 Å². The Morgan fingerprint density at radius 2 is 2.15 bits per heavy atom. The van der Waals surface area contributed by atoms with Crippen LogP contribution in [0, 0.1) is 0 Å². The summed E-state index contributed by atoms with van der Waals surface area (Å²) >= 11 is 12.2. The lowest BCUT2D eigenvalue weighted by Crippen LogP contribution is -2.36. The average molecular weight is 467 g/mol. The summed E-state index contributed by atoms with van der Waals surface area (Å²) in [5.74, 6) is -0.716. The van der Waals surface area contributed by atoms with Crippen LogP contribution in [-0.2, 0) is 23.8 Å². The first kappa shape index (κ1) is 21.0. The van der Waals surface area contributed by atoms with Gasteiger partial charge in [-0.2, -0.15) is 0 Å². The topological polar surface area (TPSA) is 73.9 Å². The van der Waals surface area contributed by atoms with Gasteiger partial charge in [-0.1, -0.05) is 29.3 Å². The summed E-state index contributed by atoms with van der Waals surface area (Å²) in [6.07, 6.45) is 0.979. The van der Waals surface area contributed by atoms with Crippen molar-refractivity contribution in [2.75, 3.05) is 13.7 Å². The monoisotopic (exact) mass is 465 g/mol. The van der Waals surface area contributed by atoms with E-state index in [0.717, 1.165) is 13.0 Å². The fourth-order valence-corrected chi connectivity index (χ4v) is 3.43. The molecule has 0 radical (unpaired) electrons. The summed E-state index contributed by atoms with van der Waals surface area (Å²) in [6.45, 7) is 0.758. The van der Waals surface area contributed by atoms with Gasteiger partial charge in [0.15, 0.2) is 12.2 Å². The third-order valence-electron chi connectivity index (χ3n) is 4.15. The number of hydrogen-bond acceptors (Lipinski definition) is 6. The highest BCUT2D eigenvalue weighted by Gasteiger charge is 2.40. The highest BCUT2D eigenvalue weighted by molar-refractivity contribution is 8.93. The van der Waals surface area contributed by atoms with Crippen LogP contribution in [0.4, 0.5) is 0 Å². The lowest BCUT2D eigenvalue weighted by atomic mass is 10.0. The summed E-state index contributed by atoms with van der Waals surface area (Å²) in [7, 11) is 1.42. The number of esters is 2. The van der Waals surface area contributed by atoms with Gasteiger partial charge in [0, 0.05) is 15.6 Å². The van der Waals surface area contributed by atoms with Crippen molar-refractivity contribution in [1.29, 1.82) is 0 Å². The van der Waals surface area contributed by atoms with Crippen molar-refractivity contribution in [2.24, 2.45) is 0 Å². The number of carbonyl (C=O) groups excluding carboxylic acids is 2. The molecule has 0 amide bonds. The highest BCUT2D eigenvalue weighted by atomic mass is 79.9. The van der Waals surface area contributed by atoms with Crippen LogP contribution in [0.1, 0.15) is 24.5 Å². The quantitative estimate of drug-likeness (QED) is 0.670. The van der Waals surface area contributed by atoms with Crippen molar-refractivity contribution >= 4 is 52.1 Å². The normalized spacial score (nSPS) is 22.9. The van der Waals surface area contributed by atoms with E-state index in [2.05, 4.69) is 5.32 Å². The van der Waals surface area contributed by atoms with E-state index in [0.29, 0.717) is 22.0 Å². The molecule has 2 aliphatic heterocycles. The SMILES string of the molecule is Br.COC1=CC(=O)OC1C(OC(=O)[C@@H]1CCCN1)c1ccc(Cl)cc1Cl.